The van der Waals surface area contributed by atoms with Crippen molar-refractivity contribution in [2.24, 2.45) is 16.5 Å². The van der Waals surface area contributed by atoms with Crippen molar-refractivity contribution in [3.63, 3.8) is 0 Å². The molecule has 2 aromatic heterocycles. The number of nitrogens with one attached hydrogen (secondary N) is 2. The topological polar surface area (TPSA) is 136 Å². The Balaban J connectivity index is 0.00000248. The highest BCUT2D eigenvalue weighted by Gasteiger charge is 2.15. The molecule has 0 bridgehead atoms. The molecule has 6 N–H and O–H groups in total. The second kappa shape index (κ2) is 16.7. The Morgan fingerprint density at radius 3 is 2.65 bits per heavy atom. The van der Waals surface area contributed by atoms with Crippen LogP contribution >= 0.6 is 11.6 Å². The summed E-state index contributed by atoms with van der Waals surface area (Å²) in [6.07, 6.45) is 5.05. The second-order valence-corrected chi connectivity index (χ2v) is 10.6. The summed E-state index contributed by atoms with van der Waals surface area (Å²) >= 11 is 6.23. The molecule has 4 aromatic rings. The van der Waals surface area contributed by atoms with Crippen molar-refractivity contribution in [1.82, 2.24) is 19.9 Å². The van der Waals surface area contributed by atoms with E-state index in [9.17, 15) is 4.79 Å². The predicted octanol–water partition coefficient (Wildman–Crippen LogP) is 5.13. The first-order valence-corrected chi connectivity index (χ1v) is 14.6. The van der Waals surface area contributed by atoms with Gasteiger partial charge in [0.05, 0.1) is 16.4 Å². The molecule has 1 atom stereocenters. The number of halogens is 2. The number of aliphatic imine (C=N–C) groups is 1. The number of aromatic nitrogens is 3. The average molecular weight is 610 g/mol. The monoisotopic (exact) mass is 609 g/mol. The predicted molar refractivity (Wildman–Crippen MR) is 175 cm³/mol. The number of H-pyrrole nitrogens is 1. The van der Waals surface area contributed by atoms with E-state index in [1.807, 2.05) is 31.2 Å². The normalized spacial score (nSPS) is 12.3. The molecule has 0 aliphatic rings. The first-order chi connectivity index (χ1) is 20.7. The van der Waals surface area contributed by atoms with E-state index in [4.69, 9.17) is 27.8 Å². The zero-order chi connectivity index (χ0) is 31.4. The van der Waals surface area contributed by atoms with Gasteiger partial charge in [0, 0.05) is 43.4 Å². The fraction of sp³-hybridized carbons (Fsp3) is 0.344. The molecule has 1 unspecified atom stereocenters. The van der Waals surface area contributed by atoms with E-state index in [0.717, 1.165) is 43.4 Å². The summed E-state index contributed by atoms with van der Waals surface area (Å²) in [5.74, 6) is -0.0204. The van der Waals surface area contributed by atoms with Crippen molar-refractivity contribution in [1.29, 1.82) is 0 Å². The van der Waals surface area contributed by atoms with Gasteiger partial charge in [-0.05, 0) is 80.6 Å². The first kappa shape index (κ1) is 33.7. The summed E-state index contributed by atoms with van der Waals surface area (Å²) in [6.45, 7) is 10.4. The Morgan fingerprint density at radius 2 is 1.95 bits per heavy atom. The van der Waals surface area contributed by atoms with Crippen LogP contribution in [0.4, 0.5) is 4.39 Å². The molecule has 43 heavy (non-hydrogen) atoms. The van der Waals surface area contributed by atoms with Gasteiger partial charge in [-0.15, -0.1) is 13.2 Å². The Kier molecular flexibility index (Phi) is 13.1. The summed E-state index contributed by atoms with van der Waals surface area (Å²) in [5.41, 5.74) is 15.0. The molecule has 0 radical (unpaired) electrons. The number of benzene rings is 2. The minimum Gasteiger partial charge on any atom is -0.386 e. The van der Waals surface area contributed by atoms with E-state index >= 15 is 4.39 Å². The lowest BCUT2D eigenvalue weighted by molar-refractivity contribution is 0.244. The number of fused-ring (bicyclic) bond motifs is 1. The van der Waals surface area contributed by atoms with Crippen molar-refractivity contribution in [2.75, 3.05) is 26.8 Å². The fourth-order valence-electron chi connectivity index (χ4n) is 4.57. The molecule has 9 nitrogen and oxygen atoms in total. The molecule has 0 saturated carbocycles. The van der Waals surface area contributed by atoms with Crippen molar-refractivity contribution in [3.05, 3.63) is 94.3 Å². The third kappa shape index (κ3) is 9.59. The van der Waals surface area contributed by atoms with Crippen LogP contribution in [0.15, 0.2) is 71.6 Å². The van der Waals surface area contributed by atoms with E-state index in [1.54, 1.807) is 31.5 Å². The molecule has 0 fully saturated rings. The maximum absolute atomic E-state index is 15.0. The van der Waals surface area contributed by atoms with Crippen LogP contribution < -0.4 is 22.5 Å². The van der Waals surface area contributed by atoms with Crippen molar-refractivity contribution in [2.45, 2.75) is 45.2 Å². The third-order valence-corrected chi connectivity index (χ3v) is 6.95. The number of nitrogens with zero attached hydrogens (tertiary/aromatic N) is 3. The highest BCUT2D eigenvalue weighted by Crippen LogP contribution is 2.31. The largest absolute Gasteiger partial charge is 0.386 e. The van der Waals surface area contributed by atoms with Crippen LogP contribution in [0.1, 0.15) is 37.3 Å². The quantitative estimate of drug-likeness (QED) is 0.0677. The summed E-state index contributed by atoms with van der Waals surface area (Å²) in [5, 5.41) is 4.11. The fourth-order valence-corrected chi connectivity index (χ4v) is 4.81. The molecule has 230 valence electrons. The summed E-state index contributed by atoms with van der Waals surface area (Å²) < 4.78 is 21.5. The Labute approximate surface area is 256 Å². The number of rotatable bonds is 14. The summed E-state index contributed by atoms with van der Waals surface area (Å²) in [7, 11) is 1.59. The molecular weight excluding hydrogens is 569 g/mol. The number of nitrogens with two attached hydrogens (primary N) is 2. The van der Waals surface area contributed by atoms with Crippen molar-refractivity contribution >= 4 is 28.5 Å². The number of methoxy groups -OCH3 is 1. The SMILES string of the molecule is C=C.COCC(N)=NCCCNCc1ccc(-n2cc3cc(-c4cc(CCCC(C)N)cc(Cl)c4F)[nH]c3nc2=O)cc1. The smallest absolute Gasteiger partial charge is 0.354 e. The zero-order valence-corrected chi connectivity index (χ0v) is 25.6. The molecule has 2 aromatic carbocycles. The van der Waals surface area contributed by atoms with Gasteiger partial charge in [-0.2, -0.15) is 4.98 Å². The Morgan fingerprint density at radius 1 is 1.21 bits per heavy atom. The minimum atomic E-state index is -0.517. The molecular formula is C32H41ClFN7O2. The first-order valence-electron chi connectivity index (χ1n) is 14.2. The molecule has 0 aliphatic heterocycles. The van der Waals surface area contributed by atoms with Gasteiger partial charge in [-0.1, -0.05) is 23.7 Å². The third-order valence-electron chi connectivity index (χ3n) is 6.67. The molecule has 0 aliphatic carbocycles. The number of ether oxygens (including phenoxy) is 1. The van der Waals surface area contributed by atoms with Gasteiger partial charge in [0.25, 0.3) is 0 Å². The number of hydrogen-bond donors (Lipinski definition) is 4. The van der Waals surface area contributed by atoms with Crippen LogP contribution in [0.2, 0.25) is 5.02 Å². The van der Waals surface area contributed by atoms with Gasteiger partial charge in [0.2, 0.25) is 0 Å². The van der Waals surface area contributed by atoms with Crippen LogP contribution in [0.3, 0.4) is 0 Å². The van der Waals surface area contributed by atoms with E-state index in [0.29, 0.717) is 53.5 Å². The zero-order valence-electron chi connectivity index (χ0n) is 24.8. The van der Waals surface area contributed by atoms with Gasteiger partial charge >= 0.3 is 5.69 Å². The van der Waals surface area contributed by atoms with E-state index in [2.05, 4.69) is 33.4 Å². The van der Waals surface area contributed by atoms with Gasteiger partial charge in [0.15, 0.2) is 5.82 Å². The van der Waals surface area contributed by atoms with Crippen LogP contribution in [0, 0.1) is 5.82 Å². The number of aromatic amines is 1. The Bertz CT molecular complexity index is 1560. The number of amidine groups is 1. The summed E-state index contributed by atoms with van der Waals surface area (Å²) in [4.78, 5) is 24.4. The molecule has 0 amide bonds. The van der Waals surface area contributed by atoms with Gasteiger partial charge in [-0.3, -0.25) is 9.56 Å². The standard InChI is InChI=1S/C30H37ClFN7O2.C2H4/c1-19(33)5-3-6-21-13-24(28(32)25(31)14-21)26-15-22-17-39(30(40)38-29(22)37-26)23-9-7-20(8-10-23)16-35-11-4-12-36-27(34)18-41-2;1-2/h7-10,13-15,17,19,35H,3-6,11-12,16,18,33H2,1-2H3,(H2,34,36)(H,37,38,40);1-2H2. The highest BCUT2D eigenvalue weighted by atomic mass is 35.5. The van der Waals surface area contributed by atoms with Crippen LogP contribution in [0.5, 0.6) is 0 Å². The number of hydrogen-bond acceptors (Lipinski definition) is 6. The second-order valence-electron chi connectivity index (χ2n) is 10.2. The van der Waals surface area contributed by atoms with Crippen LogP contribution in [-0.2, 0) is 17.7 Å². The highest BCUT2D eigenvalue weighted by molar-refractivity contribution is 6.31. The lowest BCUT2D eigenvalue weighted by atomic mass is 10.0. The van der Waals surface area contributed by atoms with Crippen LogP contribution in [-0.4, -0.2) is 53.2 Å². The molecule has 0 spiro atoms. The van der Waals surface area contributed by atoms with Crippen LogP contribution in [0.25, 0.3) is 28.0 Å². The van der Waals surface area contributed by atoms with Crippen molar-refractivity contribution in [3.8, 4) is 16.9 Å². The van der Waals surface area contributed by atoms with E-state index in [1.165, 1.54) is 4.57 Å². The maximum Gasteiger partial charge on any atom is 0.354 e. The molecule has 0 saturated heterocycles. The molecule has 4 rings (SSSR count). The Hall–Kier alpha value is -3.83. The average Bonchev–Trinajstić information content (AvgIpc) is 3.40. The lowest BCUT2D eigenvalue weighted by Gasteiger charge is -2.09. The van der Waals surface area contributed by atoms with Gasteiger partial charge in [0.1, 0.15) is 18.1 Å². The summed E-state index contributed by atoms with van der Waals surface area (Å²) in [6, 6.07) is 13.0. The molecule has 2 heterocycles. The van der Waals surface area contributed by atoms with Gasteiger partial charge in [-0.25, -0.2) is 9.18 Å². The van der Waals surface area contributed by atoms with Crippen molar-refractivity contribution < 1.29 is 9.13 Å². The molecule has 11 heteroatoms. The number of aryl methyl sites for hydroxylation is 1. The van der Waals surface area contributed by atoms with E-state index in [-0.39, 0.29) is 11.1 Å². The minimum absolute atomic E-state index is 0.0550. The van der Waals surface area contributed by atoms with Gasteiger partial charge < -0.3 is 26.5 Å². The lowest BCUT2D eigenvalue weighted by Crippen LogP contribution is -2.21. The van der Waals surface area contributed by atoms with E-state index < -0.39 is 11.5 Å². The maximum atomic E-state index is 15.0.